The number of rotatable bonds is 1. The third kappa shape index (κ3) is 14.6. The Balaban J connectivity index is 0.000000631. The number of ketones is 2. The van der Waals surface area contributed by atoms with E-state index in [-0.39, 0.29) is 24.1 Å². The second-order valence-corrected chi connectivity index (χ2v) is 15.2. The molecule has 0 saturated heterocycles. The fourth-order valence-corrected chi connectivity index (χ4v) is 9.86. The molecule has 276 valence electrons. The molecule has 0 bridgehead atoms. The van der Waals surface area contributed by atoms with Crippen LogP contribution in [0.25, 0.3) is 11.3 Å². The number of fused-ring (bicyclic) bond motifs is 5. The number of carbonyl (C=O) groups is 2. The molecule has 0 saturated carbocycles. The SMILES string of the molecule is CC.CC.CC.CN(C)/C=C1/SCc2sccc2C1=O.CN=C(N)N.Cl.Nc1ncc2c(n1)-c1ccsc1CS2.O=C1CSCc2sccc21. The number of Topliss-reactive ketones (excluding diaryl/α,β-unsaturated/α-hetero) is 2. The number of nitrogens with zero attached hydrogens (tertiary/aromatic N) is 4. The minimum atomic E-state index is 0. The molecule has 0 unspecified atom stereocenters. The molecule has 0 aliphatic carbocycles. The van der Waals surface area contributed by atoms with E-state index in [9.17, 15) is 9.59 Å². The number of hydrogen-bond donors (Lipinski definition) is 3. The van der Waals surface area contributed by atoms with Gasteiger partial charge in [0.1, 0.15) is 0 Å². The number of hydrogen-bond acceptors (Lipinski definition) is 13. The summed E-state index contributed by atoms with van der Waals surface area (Å²) in [7, 11) is 5.41. The standard InChI is InChI=1S/C10H11NOS2.C9H7N3S2.C7H6OS2.C2H7N3.3C2H6.ClH/c1-11(2)5-8-10(12)7-3-4-13-9(7)6-14-8;10-9-11-3-6-8(12-9)5-1-2-13-7(5)4-14-6;8-6-3-9-4-7-5(6)1-2-10-7;1-5-2(3)4;3*1-2;/h3-5H,6H2,1-2H3;1-3H,4H2,(H2,10,11,12);1-2H,3-4H2;1H3,(H4,3,4,5);3*1-2H3;1H/b8-5+;;;;;;;. The molecule has 4 aromatic rings. The van der Waals surface area contributed by atoms with Gasteiger partial charge in [-0.1, -0.05) is 41.5 Å². The summed E-state index contributed by atoms with van der Waals surface area (Å²) in [5.74, 6) is 4.60. The number of aliphatic imine (C=N–C) groups is 1. The van der Waals surface area contributed by atoms with Crippen LogP contribution in [-0.4, -0.2) is 59.3 Å². The molecular weight excluding hydrogens is 766 g/mol. The van der Waals surface area contributed by atoms with E-state index in [1.54, 1.807) is 69.3 Å². The van der Waals surface area contributed by atoms with Crippen LogP contribution in [0.1, 0.15) is 76.9 Å². The maximum atomic E-state index is 11.9. The van der Waals surface area contributed by atoms with E-state index in [1.807, 2.05) is 95.8 Å². The zero-order valence-electron chi connectivity index (χ0n) is 30.1. The maximum absolute atomic E-state index is 11.9. The number of carbonyl (C=O) groups excluding carboxylic acids is 2. The third-order valence-electron chi connectivity index (χ3n) is 5.85. The first-order valence-electron chi connectivity index (χ1n) is 15.8. The molecule has 3 aliphatic heterocycles. The number of nitrogens with two attached hydrogens (primary N) is 3. The van der Waals surface area contributed by atoms with E-state index in [0.29, 0.717) is 17.5 Å². The number of thioether (sulfide) groups is 3. The van der Waals surface area contributed by atoms with E-state index >= 15 is 0 Å². The van der Waals surface area contributed by atoms with E-state index in [1.165, 1.54) is 27.2 Å². The molecule has 0 aromatic carbocycles. The van der Waals surface area contributed by atoms with Crippen molar-refractivity contribution >= 4 is 105 Å². The highest BCUT2D eigenvalue weighted by molar-refractivity contribution is 8.03. The van der Waals surface area contributed by atoms with Gasteiger partial charge in [0.25, 0.3) is 0 Å². The van der Waals surface area contributed by atoms with Gasteiger partial charge in [0, 0.05) is 82.1 Å². The summed E-state index contributed by atoms with van der Waals surface area (Å²) in [6, 6.07) is 5.96. The van der Waals surface area contributed by atoms with Gasteiger partial charge in [0.05, 0.1) is 21.2 Å². The number of allylic oxidation sites excluding steroid dienone is 1. The summed E-state index contributed by atoms with van der Waals surface area (Å²) < 4.78 is 0. The number of aromatic nitrogens is 2. The fourth-order valence-electron chi connectivity index (χ4n) is 3.83. The van der Waals surface area contributed by atoms with Crippen LogP contribution in [0.4, 0.5) is 5.95 Å². The van der Waals surface area contributed by atoms with Crippen LogP contribution in [0, 0.1) is 0 Å². The number of guanidine groups is 1. The maximum Gasteiger partial charge on any atom is 0.220 e. The molecule has 0 atom stereocenters. The van der Waals surface area contributed by atoms with Crippen LogP contribution in [0.2, 0.25) is 0 Å². The van der Waals surface area contributed by atoms with Gasteiger partial charge in [-0.3, -0.25) is 14.6 Å². The number of anilines is 1. The first-order chi connectivity index (χ1) is 23.7. The van der Waals surface area contributed by atoms with Crippen molar-refractivity contribution in [3.8, 4) is 11.3 Å². The predicted octanol–water partition coefficient (Wildman–Crippen LogP) is 9.54. The minimum Gasteiger partial charge on any atom is -0.382 e. The zero-order valence-corrected chi connectivity index (χ0v) is 35.9. The van der Waals surface area contributed by atoms with E-state index in [4.69, 9.17) is 17.2 Å². The van der Waals surface area contributed by atoms with Crippen LogP contribution in [0.3, 0.4) is 0 Å². The molecule has 0 amide bonds. The van der Waals surface area contributed by atoms with Gasteiger partial charge in [0.2, 0.25) is 11.7 Å². The molecule has 4 aromatic heterocycles. The highest BCUT2D eigenvalue weighted by atomic mass is 35.5. The van der Waals surface area contributed by atoms with Gasteiger partial charge in [-0.25, -0.2) is 9.97 Å². The first-order valence-corrected chi connectivity index (χ1v) is 21.5. The topological polar surface area (TPSA) is 154 Å². The minimum absolute atomic E-state index is 0. The van der Waals surface area contributed by atoms with Gasteiger partial charge >= 0.3 is 0 Å². The van der Waals surface area contributed by atoms with Crippen molar-refractivity contribution in [3.05, 3.63) is 77.4 Å². The lowest BCUT2D eigenvalue weighted by atomic mass is 10.1. The van der Waals surface area contributed by atoms with Crippen LogP contribution in [-0.2, 0) is 17.3 Å². The number of halogens is 1. The molecule has 0 radical (unpaired) electrons. The summed E-state index contributed by atoms with van der Waals surface area (Å²) in [4.78, 5) is 42.4. The van der Waals surface area contributed by atoms with Crippen molar-refractivity contribution in [2.24, 2.45) is 16.5 Å². The van der Waals surface area contributed by atoms with Gasteiger partial charge in [-0.05, 0) is 34.3 Å². The molecule has 7 heterocycles. The highest BCUT2D eigenvalue weighted by Crippen LogP contribution is 2.42. The van der Waals surface area contributed by atoms with Crippen LogP contribution in [0.15, 0.2) is 61.5 Å². The summed E-state index contributed by atoms with van der Waals surface area (Å²) >= 11 is 10.2. The van der Waals surface area contributed by atoms with Crippen LogP contribution in [0.5, 0.6) is 0 Å². The van der Waals surface area contributed by atoms with E-state index in [2.05, 4.69) is 26.4 Å². The van der Waals surface area contributed by atoms with Crippen molar-refractivity contribution in [3.63, 3.8) is 0 Å². The van der Waals surface area contributed by atoms with Crippen LogP contribution < -0.4 is 17.2 Å². The second kappa shape index (κ2) is 26.3. The van der Waals surface area contributed by atoms with E-state index in [0.717, 1.165) is 43.9 Å². The average molecular weight is 817 g/mol. The lowest BCUT2D eigenvalue weighted by molar-refractivity contribution is 0.101. The normalized spacial score (nSPS) is 13.3. The predicted molar refractivity (Wildman–Crippen MR) is 229 cm³/mol. The first kappa shape index (κ1) is 47.5. The molecule has 50 heavy (non-hydrogen) atoms. The van der Waals surface area contributed by atoms with Gasteiger partial charge < -0.3 is 22.1 Å². The van der Waals surface area contributed by atoms with Crippen molar-refractivity contribution in [2.75, 3.05) is 32.6 Å². The molecule has 6 N–H and O–H groups in total. The largest absolute Gasteiger partial charge is 0.382 e. The van der Waals surface area contributed by atoms with Crippen LogP contribution >= 0.6 is 81.7 Å². The highest BCUT2D eigenvalue weighted by Gasteiger charge is 2.23. The summed E-state index contributed by atoms with van der Waals surface area (Å²) in [5, 5.41) is 6.08. The summed E-state index contributed by atoms with van der Waals surface area (Å²) in [6.07, 6.45) is 3.70. The Morgan fingerprint density at radius 3 is 1.84 bits per heavy atom. The Kier molecular flexibility index (Phi) is 24.9. The third-order valence-corrected chi connectivity index (χ3v) is 12.2. The Morgan fingerprint density at radius 2 is 1.30 bits per heavy atom. The molecule has 3 aliphatic rings. The Hall–Kier alpha value is -2.53. The summed E-state index contributed by atoms with van der Waals surface area (Å²) in [6.45, 7) is 12.0. The van der Waals surface area contributed by atoms with Crippen molar-refractivity contribution in [2.45, 2.75) is 63.7 Å². The van der Waals surface area contributed by atoms with Crippen molar-refractivity contribution < 1.29 is 9.59 Å². The Morgan fingerprint density at radius 1 is 0.800 bits per heavy atom. The van der Waals surface area contributed by atoms with Crippen molar-refractivity contribution in [1.29, 1.82) is 0 Å². The molecule has 9 nitrogen and oxygen atoms in total. The number of nitrogen functional groups attached to an aromatic ring is 1. The smallest absolute Gasteiger partial charge is 0.220 e. The zero-order chi connectivity index (χ0) is 36.9. The quantitative estimate of drug-likeness (QED) is 0.0957. The summed E-state index contributed by atoms with van der Waals surface area (Å²) in [5.41, 5.74) is 19.3. The number of thiophene rings is 3. The Labute approximate surface area is 328 Å². The Bertz CT molecular complexity index is 1650. The van der Waals surface area contributed by atoms with E-state index < -0.39 is 0 Å². The monoisotopic (exact) mass is 815 g/mol. The van der Waals surface area contributed by atoms with Gasteiger partial charge in [-0.2, -0.15) is 0 Å². The molecule has 0 fully saturated rings. The second-order valence-electron chi connectivity index (χ2n) is 9.14. The molecule has 16 heteroatoms. The fraction of sp³-hybridized carbons (Fsp3) is 0.382. The lowest BCUT2D eigenvalue weighted by Crippen LogP contribution is -2.21. The van der Waals surface area contributed by atoms with Gasteiger partial charge in [-0.15, -0.1) is 81.7 Å². The van der Waals surface area contributed by atoms with Gasteiger partial charge in [0.15, 0.2) is 11.7 Å². The van der Waals surface area contributed by atoms with Crippen molar-refractivity contribution in [1.82, 2.24) is 14.9 Å². The molecular formula is C34H50ClN7O2S6. The lowest BCUT2D eigenvalue weighted by Gasteiger charge is -2.15. The average Bonchev–Trinajstić information content (AvgIpc) is 3.91. The molecule has 7 rings (SSSR count). The molecule has 0 spiro atoms.